The number of hydrogen-bond acceptors (Lipinski definition) is 2. The van der Waals surface area contributed by atoms with Crippen LogP contribution in [-0.2, 0) is 6.54 Å². The summed E-state index contributed by atoms with van der Waals surface area (Å²) in [5.41, 5.74) is 0.968. The summed E-state index contributed by atoms with van der Waals surface area (Å²) < 4.78 is 15.6. The van der Waals surface area contributed by atoms with Crippen LogP contribution in [0.5, 0.6) is 0 Å². The summed E-state index contributed by atoms with van der Waals surface area (Å²) in [6.07, 6.45) is 3.10. The molecule has 2 aromatic rings. The molecule has 0 atom stereocenters. The van der Waals surface area contributed by atoms with E-state index < -0.39 is 0 Å². The summed E-state index contributed by atoms with van der Waals surface area (Å²) in [6.45, 7) is 3.90. The van der Waals surface area contributed by atoms with Gasteiger partial charge in [0.05, 0.1) is 5.52 Å². The minimum atomic E-state index is -0.143. The SMILES string of the molecule is CN(C)CCCNCCn1ccc2c(F)cccc21. The van der Waals surface area contributed by atoms with E-state index in [1.54, 1.807) is 6.07 Å². The summed E-state index contributed by atoms with van der Waals surface area (Å²) in [5, 5.41) is 4.12. The van der Waals surface area contributed by atoms with Crippen molar-refractivity contribution in [3.8, 4) is 0 Å². The number of nitrogens with zero attached hydrogens (tertiary/aromatic N) is 2. The molecule has 0 unspecified atom stereocenters. The normalized spacial score (nSPS) is 11.6. The van der Waals surface area contributed by atoms with Gasteiger partial charge in [0.1, 0.15) is 5.82 Å². The average molecular weight is 263 g/mol. The Bertz CT molecular complexity index is 519. The molecule has 19 heavy (non-hydrogen) atoms. The maximum Gasteiger partial charge on any atom is 0.132 e. The van der Waals surface area contributed by atoms with Crippen LogP contribution in [-0.4, -0.2) is 43.2 Å². The van der Waals surface area contributed by atoms with Crippen molar-refractivity contribution in [3.05, 3.63) is 36.3 Å². The van der Waals surface area contributed by atoms with Crippen molar-refractivity contribution in [2.24, 2.45) is 0 Å². The fourth-order valence-corrected chi connectivity index (χ4v) is 2.23. The van der Waals surface area contributed by atoms with Crippen LogP contribution in [0.3, 0.4) is 0 Å². The largest absolute Gasteiger partial charge is 0.346 e. The van der Waals surface area contributed by atoms with Crippen LogP contribution in [0.1, 0.15) is 6.42 Å². The molecule has 0 aliphatic rings. The molecule has 0 amide bonds. The molecule has 3 nitrogen and oxygen atoms in total. The quantitative estimate of drug-likeness (QED) is 0.774. The van der Waals surface area contributed by atoms with Gasteiger partial charge in [-0.1, -0.05) is 6.07 Å². The third-order valence-electron chi connectivity index (χ3n) is 3.25. The molecule has 1 aromatic carbocycles. The van der Waals surface area contributed by atoms with Crippen LogP contribution in [0.15, 0.2) is 30.5 Å². The van der Waals surface area contributed by atoms with Crippen molar-refractivity contribution in [1.82, 2.24) is 14.8 Å². The summed E-state index contributed by atoms with van der Waals surface area (Å²) in [6, 6.07) is 7.08. The highest BCUT2D eigenvalue weighted by atomic mass is 19.1. The van der Waals surface area contributed by atoms with Gasteiger partial charge in [-0.3, -0.25) is 0 Å². The second-order valence-electron chi connectivity index (χ2n) is 5.09. The zero-order chi connectivity index (χ0) is 13.7. The van der Waals surface area contributed by atoms with Gasteiger partial charge in [-0.05, 0) is 51.8 Å². The first kappa shape index (κ1) is 14.0. The minimum Gasteiger partial charge on any atom is -0.346 e. The number of benzene rings is 1. The van der Waals surface area contributed by atoms with E-state index in [2.05, 4.69) is 28.9 Å². The van der Waals surface area contributed by atoms with Gasteiger partial charge in [0.2, 0.25) is 0 Å². The van der Waals surface area contributed by atoms with E-state index in [0.717, 1.165) is 38.1 Å². The highest BCUT2D eigenvalue weighted by molar-refractivity contribution is 5.80. The third kappa shape index (κ3) is 3.78. The molecule has 0 spiro atoms. The van der Waals surface area contributed by atoms with Crippen LogP contribution in [0, 0.1) is 5.82 Å². The zero-order valence-corrected chi connectivity index (χ0v) is 11.7. The first-order valence-corrected chi connectivity index (χ1v) is 6.77. The molecule has 0 aliphatic heterocycles. The van der Waals surface area contributed by atoms with E-state index >= 15 is 0 Å². The van der Waals surface area contributed by atoms with Gasteiger partial charge in [-0.2, -0.15) is 0 Å². The van der Waals surface area contributed by atoms with Crippen molar-refractivity contribution in [1.29, 1.82) is 0 Å². The molecule has 0 radical (unpaired) electrons. The zero-order valence-electron chi connectivity index (χ0n) is 11.7. The summed E-state index contributed by atoms with van der Waals surface area (Å²) in [7, 11) is 4.17. The van der Waals surface area contributed by atoms with E-state index in [-0.39, 0.29) is 5.82 Å². The minimum absolute atomic E-state index is 0.143. The molecule has 4 heteroatoms. The van der Waals surface area contributed by atoms with Crippen LogP contribution in [0.2, 0.25) is 0 Å². The Morgan fingerprint density at radius 3 is 2.84 bits per heavy atom. The van der Waals surface area contributed by atoms with Crippen molar-refractivity contribution in [2.75, 3.05) is 33.7 Å². The maximum absolute atomic E-state index is 13.5. The maximum atomic E-state index is 13.5. The lowest BCUT2D eigenvalue weighted by atomic mass is 10.2. The highest BCUT2D eigenvalue weighted by Gasteiger charge is 2.04. The van der Waals surface area contributed by atoms with Gasteiger partial charge in [-0.15, -0.1) is 0 Å². The number of aromatic nitrogens is 1. The van der Waals surface area contributed by atoms with Gasteiger partial charge in [0, 0.05) is 24.7 Å². The second kappa shape index (κ2) is 6.68. The lowest BCUT2D eigenvalue weighted by Crippen LogP contribution is -2.24. The molecule has 2 rings (SSSR count). The van der Waals surface area contributed by atoms with Gasteiger partial charge < -0.3 is 14.8 Å². The Morgan fingerprint density at radius 2 is 2.05 bits per heavy atom. The van der Waals surface area contributed by atoms with Crippen molar-refractivity contribution >= 4 is 10.9 Å². The monoisotopic (exact) mass is 263 g/mol. The average Bonchev–Trinajstić information content (AvgIpc) is 2.78. The number of hydrogen-bond donors (Lipinski definition) is 1. The van der Waals surface area contributed by atoms with Gasteiger partial charge in [-0.25, -0.2) is 4.39 Å². The molecule has 1 N–H and O–H groups in total. The summed E-state index contributed by atoms with van der Waals surface area (Å²) in [5.74, 6) is -0.143. The lowest BCUT2D eigenvalue weighted by molar-refractivity contribution is 0.393. The van der Waals surface area contributed by atoms with E-state index in [4.69, 9.17) is 0 Å². The van der Waals surface area contributed by atoms with Crippen molar-refractivity contribution < 1.29 is 4.39 Å². The molecule has 1 aromatic heterocycles. The molecule has 1 heterocycles. The lowest BCUT2D eigenvalue weighted by Gasteiger charge is -2.10. The van der Waals surface area contributed by atoms with Gasteiger partial charge in [0.15, 0.2) is 0 Å². The predicted octanol–water partition coefficient (Wildman–Crippen LogP) is 2.32. The van der Waals surface area contributed by atoms with Crippen LogP contribution < -0.4 is 5.32 Å². The van der Waals surface area contributed by atoms with Crippen molar-refractivity contribution in [3.63, 3.8) is 0 Å². The number of rotatable bonds is 7. The summed E-state index contributed by atoms with van der Waals surface area (Å²) >= 11 is 0. The Morgan fingerprint density at radius 1 is 1.21 bits per heavy atom. The molecule has 0 saturated carbocycles. The molecule has 0 aliphatic carbocycles. The van der Waals surface area contributed by atoms with Crippen molar-refractivity contribution in [2.45, 2.75) is 13.0 Å². The van der Waals surface area contributed by atoms with Gasteiger partial charge >= 0.3 is 0 Å². The second-order valence-corrected chi connectivity index (χ2v) is 5.09. The Labute approximate surface area is 114 Å². The third-order valence-corrected chi connectivity index (χ3v) is 3.25. The Kier molecular flexibility index (Phi) is 4.93. The van der Waals surface area contributed by atoms with E-state index in [0.29, 0.717) is 5.39 Å². The first-order valence-electron chi connectivity index (χ1n) is 6.77. The fraction of sp³-hybridized carbons (Fsp3) is 0.467. The molecular formula is C15H22FN3. The topological polar surface area (TPSA) is 20.2 Å². The van der Waals surface area contributed by atoms with E-state index in [1.807, 2.05) is 18.3 Å². The molecule has 104 valence electrons. The fourth-order valence-electron chi connectivity index (χ4n) is 2.23. The molecule has 0 saturated heterocycles. The van der Waals surface area contributed by atoms with Gasteiger partial charge in [0.25, 0.3) is 0 Å². The smallest absolute Gasteiger partial charge is 0.132 e. The molecular weight excluding hydrogens is 241 g/mol. The number of halogens is 1. The van der Waals surface area contributed by atoms with E-state index in [1.165, 1.54) is 6.07 Å². The first-order chi connectivity index (χ1) is 9.18. The summed E-state index contributed by atoms with van der Waals surface area (Å²) in [4.78, 5) is 2.18. The number of fused-ring (bicyclic) bond motifs is 1. The molecule has 0 fully saturated rings. The number of nitrogens with one attached hydrogen (secondary N) is 1. The predicted molar refractivity (Wildman–Crippen MR) is 77.9 cm³/mol. The standard InChI is InChI=1S/C15H22FN3/c1-18(2)10-4-8-17-9-12-19-11-7-13-14(16)5-3-6-15(13)19/h3,5-7,11,17H,4,8-10,12H2,1-2H3. The Balaban J connectivity index is 1.81. The van der Waals surface area contributed by atoms with Crippen LogP contribution >= 0.6 is 0 Å². The van der Waals surface area contributed by atoms with E-state index in [9.17, 15) is 4.39 Å². The van der Waals surface area contributed by atoms with Crippen LogP contribution in [0.4, 0.5) is 4.39 Å². The Hall–Kier alpha value is -1.39. The highest BCUT2D eigenvalue weighted by Crippen LogP contribution is 2.18. The molecule has 0 bridgehead atoms. The van der Waals surface area contributed by atoms with Crippen LogP contribution in [0.25, 0.3) is 10.9 Å².